The van der Waals surface area contributed by atoms with Crippen LogP contribution < -0.4 is 15.8 Å². The van der Waals surface area contributed by atoms with Gasteiger partial charge in [0.1, 0.15) is 12.0 Å². The maximum Gasteiger partial charge on any atom is 0.242 e. The average Bonchev–Trinajstić information content (AvgIpc) is 2.46. The van der Waals surface area contributed by atoms with E-state index in [4.69, 9.17) is 10.5 Å². The summed E-state index contributed by atoms with van der Waals surface area (Å²) in [5, 5.41) is 3.26. The molecule has 0 unspecified atom stereocenters. The van der Waals surface area contributed by atoms with Gasteiger partial charge in [-0.1, -0.05) is 19.8 Å². The van der Waals surface area contributed by atoms with Gasteiger partial charge < -0.3 is 15.8 Å². The molecule has 1 aromatic rings. The molecule has 0 aliphatic rings. The predicted molar refractivity (Wildman–Crippen MR) is 87.6 cm³/mol. The van der Waals surface area contributed by atoms with Crippen molar-refractivity contribution in [2.24, 2.45) is 0 Å². The number of unbranched alkanes of at least 4 members (excludes halogenated alkanes) is 3. The van der Waals surface area contributed by atoms with Crippen molar-refractivity contribution in [3.05, 3.63) is 6.33 Å². The molecule has 1 aromatic heterocycles. The molecule has 114 valence electrons. The highest BCUT2D eigenvalue weighted by Gasteiger charge is 2.08. The lowest BCUT2D eigenvalue weighted by Crippen LogP contribution is -2.09. The summed E-state index contributed by atoms with van der Waals surface area (Å²) in [4.78, 5) is 8.22. The molecule has 5 nitrogen and oxygen atoms in total. The van der Waals surface area contributed by atoms with E-state index in [1.54, 1.807) is 0 Å². The second kappa shape index (κ2) is 10.6. The fourth-order valence-electron chi connectivity index (χ4n) is 1.77. The lowest BCUT2D eigenvalue weighted by molar-refractivity contribution is 0.306. The molecule has 3 N–H and O–H groups in total. The van der Waals surface area contributed by atoms with Crippen molar-refractivity contribution in [2.75, 3.05) is 36.2 Å². The molecular weight excluding hydrogens is 272 g/mol. The standard InChI is InChI=1S/C14H26N4OS/c1-3-9-19-14-12(15)13(17-11-18-14)16-8-6-4-5-7-10-20-2/h11H,3-10,15H2,1-2H3,(H,16,17,18). The molecule has 0 aliphatic carbocycles. The highest BCUT2D eigenvalue weighted by molar-refractivity contribution is 7.98. The summed E-state index contributed by atoms with van der Waals surface area (Å²) in [7, 11) is 0. The lowest BCUT2D eigenvalue weighted by atomic mass is 10.2. The first-order valence-corrected chi connectivity index (χ1v) is 8.65. The summed E-state index contributed by atoms with van der Waals surface area (Å²) in [6.07, 6.45) is 9.52. The zero-order valence-electron chi connectivity index (χ0n) is 12.5. The van der Waals surface area contributed by atoms with Crippen LogP contribution in [0.4, 0.5) is 11.5 Å². The van der Waals surface area contributed by atoms with Crippen molar-refractivity contribution in [2.45, 2.75) is 39.0 Å². The molecule has 1 heterocycles. The van der Waals surface area contributed by atoms with Crippen LogP contribution in [-0.2, 0) is 0 Å². The zero-order valence-corrected chi connectivity index (χ0v) is 13.3. The molecule has 20 heavy (non-hydrogen) atoms. The van der Waals surface area contributed by atoms with Crippen LogP contribution in [0.2, 0.25) is 0 Å². The number of anilines is 2. The summed E-state index contributed by atoms with van der Waals surface area (Å²) in [5.74, 6) is 2.41. The van der Waals surface area contributed by atoms with Crippen LogP contribution in [0.25, 0.3) is 0 Å². The van der Waals surface area contributed by atoms with Crippen LogP contribution in [0.5, 0.6) is 5.88 Å². The van der Waals surface area contributed by atoms with Crippen LogP contribution in [0.3, 0.4) is 0 Å². The molecular formula is C14H26N4OS. The van der Waals surface area contributed by atoms with Crippen molar-refractivity contribution in [3.8, 4) is 5.88 Å². The van der Waals surface area contributed by atoms with Gasteiger partial charge in [-0.25, -0.2) is 4.98 Å². The predicted octanol–water partition coefficient (Wildman–Crippen LogP) is 3.18. The minimum atomic E-state index is 0.476. The number of rotatable bonds is 11. The molecule has 0 atom stereocenters. The topological polar surface area (TPSA) is 73.1 Å². The molecule has 1 rings (SSSR count). The third-order valence-electron chi connectivity index (χ3n) is 2.86. The number of aromatic nitrogens is 2. The number of thioether (sulfide) groups is 1. The quantitative estimate of drug-likeness (QED) is 0.611. The van der Waals surface area contributed by atoms with Crippen LogP contribution in [-0.4, -0.2) is 35.1 Å². The van der Waals surface area contributed by atoms with Crippen LogP contribution in [0.1, 0.15) is 39.0 Å². The minimum Gasteiger partial charge on any atom is -0.476 e. The maximum atomic E-state index is 5.99. The Kier molecular flexibility index (Phi) is 8.95. The van der Waals surface area contributed by atoms with E-state index < -0.39 is 0 Å². The van der Waals surface area contributed by atoms with Gasteiger partial charge in [-0.05, 0) is 31.3 Å². The van der Waals surface area contributed by atoms with Gasteiger partial charge in [-0.3, -0.25) is 0 Å². The highest BCUT2D eigenvalue weighted by Crippen LogP contribution is 2.24. The number of nitrogen functional groups attached to an aromatic ring is 1. The van der Waals surface area contributed by atoms with Gasteiger partial charge in [-0.2, -0.15) is 16.7 Å². The molecule has 0 aromatic carbocycles. The van der Waals surface area contributed by atoms with E-state index in [0.29, 0.717) is 24.0 Å². The van der Waals surface area contributed by atoms with Gasteiger partial charge in [0.05, 0.1) is 6.61 Å². The van der Waals surface area contributed by atoms with Gasteiger partial charge >= 0.3 is 0 Å². The molecule has 0 radical (unpaired) electrons. The van der Waals surface area contributed by atoms with Crippen molar-refractivity contribution in [3.63, 3.8) is 0 Å². The first-order chi connectivity index (χ1) is 9.79. The van der Waals surface area contributed by atoms with Crippen molar-refractivity contribution in [1.29, 1.82) is 0 Å². The number of ether oxygens (including phenoxy) is 1. The normalized spacial score (nSPS) is 10.5. The van der Waals surface area contributed by atoms with Gasteiger partial charge in [-0.15, -0.1) is 0 Å². The fourth-order valence-corrected chi connectivity index (χ4v) is 2.26. The molecule has 0 spiro atoms. The Bertz CT molecular complexity index is 376. The molecule has 0 saturated carbocycles. The zero-order chi connectivity index (χ0) is 14.6. The van der Waals surface area contributed by atoms with Gasteiger partial charge in [0.15, 0.2) is 5.82 Å². The van der Waals surface area contributed by atoms with Gasteiger partial charge in [0, 0.05) is 6.54 Å². The Morgan fingerprint density at radius 1 is 1.25 bits per heavy atom. The summed E-state index contributed by atoms with van der Waals surface area (Å²) in [6.45, 7) is 3.55. The lowest BCUT2D eigenvalue weighted by Gasteiger charge is -2.11. The summed E-state index contributed by atoms with van der Waals surface area (Å²) < 4.78 is 5.48. The summed E-state index contributed by atoms with van der Waals surface area (Å²) >= 11 is 1.91. The van der Waals surface area contributed by atoms with Crippen LogP contribution >= 0.6 is 11.8 Å². The third-order valence-corrected chi connectivity index (χ3v) is 3.55. The van der Waals surface area contributed by atoms with E-state index in [0.717, 1.165) is 19.4 Å². The molecule has 0 amide bonds. The van der Waals surface area contributed by atoms with E-state index in [9.17, 15) is 0 Å². The van der Waals surface area contributed by atoms with Gasteiger partial charge in [0.25, 0.3) is 0 Å². The van der Waals surface area contributed by atoms with Gasteiger partial charge in [0.2, 0.25) is 5.88 Å². The average molecular weight is 298 g/mol. The second-order valence-corrected chi connectivity index (χ2v) is 5.61. The largest absolute Gasteiger partial charge is 0.476 e. The van der Waals surface area contributed by atoms with E-state index in [2.05, 4.69) is 21.5 Å². The Morgan fingerprint density at radius 3 is 2.80 bits per heavy atom. The first-order valence-electron chi connectivity index (χ1n) is 7.25. The smallest absolute Gasteiger partial charge is 0.242 e. The van der Waals surface area contributed by atoms with Crippen molar-refractivity contribution >= 4 is 23.3 Å². The van der Waals surface area contributed by atoms with E-state index >= 15 is 0 Å². The number of hydrogen-bond donors (Lipinski definition) is 2. The molecule has 0 aliphatic heterocycles. The highest BCUT2D eigenvalue weighted by atomic mass is 32.2. The minimum absolute atomic E-state index is 0.476. The maximum absolute atomic E-state index is 5.99. The number of nitrogens with two attached hydrogens (primary N) is 1. The second-order valence-electron chi connectivity index (χ2n) is 4.62. The first kappa shape index (κ1) is 16.9. The summed E-state index contributed by atoms with van der Waals surface area (Å²) in [5.41, 5.74) is 6.49. The SMILES string of the molecule is CCCOc1ncnc(NCCCCCCSC)c1N. The van der Waals surface area contributed by atoms with Crippen molar-refractivity contribution in [1.82, 2.24) is 9.97 Å². The monoisotopic (exact) mass is 298 g/mol. The Hall–Kier alpha value is -1.17. The summed E-state index contributed by atoms with van der Waals surface area (Å²) in [6, 6.07) is 0. The third kappa shape index (κ3) is 6.32. The number of hydrogen-bond acceptors (Lipinski definition) is 6. The molecule has 0 saturated heterocycles. The molecule has 0 fully saturated rings. The van der Waals surface area contributed by atoms with Crippen molar-refractivity contribution < 1.29 is 4.74 Å². The van der Waals surface area contributed by atoms with E-state index in [1.807, 2.05) is 18.7 Å². The number of nitrogens with one attached hydrogen (secondary N) is 1. The fraction of sp³-hybridized carbons (Fsp3) is 0.714. The number of nitrogens with zero attached hydrogens (tertiary/aromatic N) is 2. The van der Waals surface area contributed by atoms with E-state index in [1.165, 1.54) is 31.3 Å². The Morgan fingerprint density at radius 2 is 2.05 bits per heavy atom. The van der Waals surface area contributed by atoms with Crippen LogP contribution in [0, 0.1) is 0 Å². The Labute approximate surface area is 126 Å². The molecule has 0 bridgehead atoms. The Balaban J connectivity index is 2.29. The van der Waals surface area contributed by atoms with E-state index in [-0.39, 0.29) is 0 Å². The molecule has 6 heteroatoms. The van der Waals surface area contributed by atoms with Crippen LogP contribution in [0.15, 0.2) is 6.33 Å².